The monoisotopic (exact) mass is 505 g/mol. The highest BCUT2D eigenvalue weighted by Crippen LogP contribution is 2.29. The van der Waals surface area contributed by atoms with Gasteiger partial charge in [0, 0.05) is 48.2 Å². The van der Waals surface area contributed by atoms with Crippen molar-refractivity contribution >= 4 is 28.3 Å². The van der Waals surface area contributed by atoms with Crippen molar-refractivity contribution in [3.05, 3.63) is 90.5 Å². The number of hydrogen-bond acceptors (Lipinski definition) is 5. The Bertz CT molecular complexity index is 1150. The standard InChI is InChI=1S/C26H30ClN5.C4H10/c1-6-28-12-14-32(19(4)5)13-11-20-7-9-22-23(27)16-24(31-25(22)15-20)21-8-10-26(29-17-21)30-18(2)3;1-3-4-2/h6-10,15-17,28H,1-2,4,11-14H2,3,5H3,(H,29,30);3-4H2,1-2H3. The molecule has 0 unspecified atom stereocenters. The first-order chi connectivity index (χ1) is 17.3. The van der Waals surface area contributed by atoms with Crippen molar-refractivity contribution in [1.29, 1.82) is 0 Å². The molecule has 2 aromatic heterocycles. The summed E-state index contributed by atoms with van der Waals surface area (Å²) in [5.74, 6) is 0.751. The van der Waals surface area contributed by atoms with E-state index in [2.05, 4.69) is 66.2 Å². The Morgan fingerprint density at radius 3 is 2.39 bits per heavy atom. The Balaban J connectivity index is 0.00000106. The van der Waals surface area contributed by atoms with Crippen LogP contribution < -0.4 is 10.6 Å². The third-order valence-corrected chi connectivity index (χ3v) is 5.92. The molecule has 0 bridgehead atoms. The SMILES string of the molecule is C=CNCCN(CCc1ccc2c(Cl)cc(-c3ccc(NC(=C)C)nc3)nc2c1)C(=C)C.CCCC. The van der Waals surface area contributed by atoms with Gasteiger partial charge in [-0.25, -0.2) is 9.97 Å². The number of hydrogen-bond donors (Lipinski definition) is 2. The van der Waals surface area contributed by atoms with E-state index in [0.29, 0.717) is 5.02 Å². The first-order valence-corrected chi connectivity index (χ1v) is 12.9. The van der Waals surface area contributed by atoms with Crippen molar-refractivity contribution in [3.8, 4) is 11.3 Å². The lowest BCUT2D eigenvalue weighted by atomic mass is 10.1. The first kappa shape index (κ1) is 28.9. The summed E-state index contributed by atoms with van der Waals surface area (Å²) in [7, 11) is 0. The van der Waals surface area contributed by atoms with Crippen LogP contribution in [0, 0.1) is 0 Å². The fourth-order valence-corrected chi connectivity index (χ4v) is 3.70. The summed E-state index contributed by atoms with van der Waals surface area (Å²) in [6.45, 7) is 22.5. The number of aromatic nitrogens is 2. The van der Waals surface area contributed by atoms with Gasteiger partial charge in [-0.15, -0.1) is 0 Å². The molecule has 0 saturated heterocycles. The summed E-state index contributed by atoms with van der Waals surface area (Å²) in [4.78, 5) is 11.6. The van der Waals surface area contributed by atoms with Crippen LogP contribution in [0.3, 0.4) is 0 Å². The van der Waals surface area contributed by atoms with Gasteiger partial charge in [0.25, 0.3) is 0 Å². The molecule has 5 nitrogen and oxygen atoms in total. The average molecular weight is 506 g/mol. The zero-order valence-corrected chi connectivity index (χ0v) is 23.0. The fourth-order valence-electron chi connectivity index (χ4n) is 3.43. The summed E-state index contributed by atoms with van der Waals surface area (Å²) in [5.41, 5.74) is 5.69. The lowest BCUT2D eigenvalue weighted by Gasteiger charge is -2.24. The normalized spacial score (nSPS) is 10.2. The number of halogens is 1. The maximum absolute atomic E-state index is 6.59. The van der Waals surface area contributed by atoms with Crippen LogP contribution in [0.1, 0.15) is 46.1 Å². The Morgan fingerprint density at radius 1 is 1.06 bits per heavy atom. The molecule has 0 radical (unpaired) electrons. The molecule has 0 aliphatic rings. The molecule has 3 aromatic rings. The van der Waals surface area contributed by atoms with Crippen molar-refractivity contribution in [2.24, 2.45) is 0 Å². The molecule has 0 aliphatic carbocycles. The molecule has 2 N–H and O–H groups in total. The molecule has 0 fully saturated rings. The summed E-state index contributed by atoms with van der Waals surface area (Å²) in [5, 5.41) is 7.87. The van der Waals surface area contributed by atoms with Crippen molar-refractivity contribution < 1.29 is 0 Å². The van der Waals surface area contributed by atoms with Crippen LogP contribution >= 0.6 is 11.6 Å². The second-order valence-corrected chi connectivity index (χ2v) is 9.22. The summed E-state index contributed by atoms with van der Waals surface area (Å²) in [6.07, 6.45) is 7.04. The van der Waals surface area contributed by atoms with Crippen LogP contribution in [0.2, 0.25) is 5.02 Å². The number of pyridine rings is 2. The van der Waals surface area contributed by atoms with Crippen LogP contribution in [0.15, 0.2) is 79.9 Å². The Morgan fingerprint density at radius 2 is 1.81 bits per heavy atom. The zero-order chi connectivity index (χ0) is 26.5. The van der Waals surface area contributed by atoms with Crippen molar-refractivity contribution in [1.82, 2.24) is 20.2 Å². The third-order valence-electron chi connectivity index (χ3n) is 5.61. The highest BCUT2D eigenvalue weighted by atomic mass is 35.5. The van der Waals surface area contributed by atoms with E-state index in [1.54, 1.807) is 12.4 Å². The van der Waals surface area contributed by atoms with Gasteiger partial charge in [0.05, 0.1) is 16.2 Å². The van der Waals surface area contributed by atoms with Gasteiger partial charge < -0.3 is 15.5 Å². The number of anilines is 1. The molecule has 192 valence electrons. The molecule has 1 aromatic carbocycles. The summed E-state index contributed by atoms with van der Waals surface area (Å²) in [6, 6.07) is 12.1. The molecule has 0 saturated carbocycles. The van der Waals surface area contributed by atoms with E-state index in [1.807, 2.05) is 38.1 Å². The van der Waals surface area contributed by atoms with E-state index in [0.717, 1.165) is 65.4 Å². The first-order valence-electron chi connectivity index (χ1n) is 12.5. The number of nitrogens with one attached hydrogen (secondary N) is 2. The smallest absolute Gasteiger partial charge is 0.130 e. The minimum Gasteiger partial charge on any atom is -0.390 e. The highest BCUT2D eigenvalue weighted by Gasteiger charge is 2.09. The minimum absolute atomic E-state index is 0.680. The van der Waals surface area contributed by atoms with Gasteiger partial charge >= 0.3 is 0 Å². The van der Waals surface area contributed by atoms with Crippen LogP contribution in [0.25, 0.3) is 22.2 Å². The molecular formula is C30H40ClN5. The van der Waals surface area contributed by atoms with Gasteiger partial charge in [0.2, 0.25) is 0 Å². The van der Waals surface area contributed by atoms with E-state index >= 15 is 0 Å². The van der Waals surface area contributed by atoms with Gasteiger partial charge in [-0.05, 0) is 56.3 Å². The van der Waals surface area contributed by atoms with Crippen molar-refractivity contribution in [3.63, 3.8) is 0 Å². The summed E-state index contributed by atoms with van der Waals surface area (Å²) < 4.78 is 0. The molecule has 0 spiro atoms. The molecule has 36 heavy (non-hydrogen) atoms. The highest BCUT2D eigenvalue weighted by molar-refractivity contribution is 6.35. The maximum atomic E-state index is 6.59. The Kier molecular flexibility index (Phi) is 12.0. The maximum Gasteiger partial charge on any atom is 0.130 e. The predicted octanol–water partition coefficient (Wildman–Crippen LogP) is 7.81. The van der Waals surface area contributed by atoms with Gasteiger partial charge in [-0.1, -0.05) is 70.2 Å². The minimum atomic E-state index is 0.680. The molecule has 0 aliphatic heterocycles. The van der Waals surface area contributed by atoms with E-state index < -0.39 is 0 Å². The van der Waals surface area contributed by atoms with Gasteiger partial charge in [-0.2, -0.15) is 0 Å². The number of fused-ring (bicyclic) bond motifs is 1. The number of nitrogens with zero attached hydrogens (tertiary/aromatic N) is 3. The molecular weight excluding hydrogens is 466 g/mol. The number of allylic oxidation sites excluding steroid dienone is 2. The predicted molar refractivity (Wildman–Crippen MR) is 157 cm³/mol. The Labute approximate surface area is 222 Å². The molecule has 3 rings (SSSR count). The second kappa shape index (κ2) is 14.9. The van der Waals surface area contributed by atoms with Gasteiger partial charge in [-0.3, -0.25) is 0 Å². The number of benzene rings is 1. The molecule has 6 heteroatoms. The topological polar surface area (TPSA) is 53.1 Å². The van der Waals surface area contributed by atoms with Gasteiger partial charge in [0.1, 0.15) is 5.82 Å². The number of rotatable bonds is 12. The molecule has 0 atom stereocenters. The average Bonchev–Trinajstić information content (AvgIpc) is 2.86. The zero-order valence-electron chi connectivity index (χ0n) is 22.2. The lowest BCUT2D eigenvalue weighted by Crippen LogP contribution is -2.30. The molecule has 0 amide bonds. The second-order valence-electron chi connectivity index (χ2n) is 8.81. The van der Waals surface area contributed by atoms with E-state index in [9.17, 15) is 0 Å². The molecule has 2 heterocycles. The number of unbranched alkanes of at least 4 members (excludes halogenated alkanes) is 1. The van der Waals surface area contributed by atoms with Gasteiger partial charge in [0.15, 0.2) is 0 Å². The van der Waals surface area contributed by atoms with Crippen molar-refractivity contribution in [2.75, 3.05) is 25.0 Å². The van der Waals surface area contributed by atoms with E-state index in [-0.39, 0.29) is 0 Å². The van der Waals surface area contributed by atoms with Crippen LogP contribution in [-0.4, -0.2) is 34.5 Å². The third kappa shape index (κ3) is 9.04. The summed E-state index contributed by atoms with van der Waals surface area (Å²) >= 11 is 6.59. The quantitative estimate of drug-likeness (QED) is 0.246. The largest absolute Gasteiger partial charge is 0.390 e. The van der Waals surface area contributed by atoms with Crippen LogP contribution in [0.4, 0.5) is 5.82 Å². The van der Waals surface area contributed by atoms with E-state index in [1.165, 1.54) is 18.4 Å². The lowest BCUT2D eigenvalue weighted by molar-refractivity contribution is 0.353. The van der Waals surface area contributed by atoms with E-state index in [4.69, 9.17) is 16.6 Å². The van der Waals surface area contributed by atoms with Crippen molar-refractivity contribution in [2.45, 2.75) is 47.0 Å². The van der Waals surface area contributed by atoms with Crippen LogP contribution in [0.5, 0.6) is 0 Å². The fraction of sp³-hybridized carbons (Fsp3) is 0.333. The van der Waals surface area contributed by atoms with Crippen LogP contribution in [-0.2, 0) is 6.42 Å². The Hall–Kier alpha value is -3.31.